The van der Waals surface area contributed by atoms with Crippen LogP contribution in [0.4, 0.5) is 4.39 Å². The van der Waals surface area contributed by atoms with E-state index in [0.717, 1.165) is 12.6 Å². The zero-order valence-corrected chi connectivity index (χ0v) is 8.78. The summed E-state index contributed by atoms with van der Waals surface area (Å²) in [5.41, 5.74) is 0.473. The number of phenolic OH excluding ortho intramolecular Hbond substituents is 1. The summed E-state index contributed by atoms with van der Waals surface area (Å²) in [7, 11) is 0. The number of benzene rings is 1. The molecule has 1 atom stereocenters. The highest BCUT2D eigenvalue weighted by molar-refractivity contribution is 5.33. The first-order valence-corrected chi connectivity index (χ1v) is 5.31. The zero-order valence-electron chi connectivity index (χ0n) is 8.78. The Bertz CT molecular complexity index is 403. The smallest absolute Gasteiger partial charge is 0.127 e. The molecule has 1 fully saturated rings. The molecule has 1 saturated carbocycles. The molecule has 0 radical (unpaired) electrons. The number of aromatic hydroxyl groups is 1. The predicted octanol–water partition coefficient (Wildman–Crippen LogP) is 2.10. The van der Waals surface area contributed by atoms with Gasteiger partial charge < -0.3 is 5.11 Å². The average molecular weight is 220 g/mol. The van der Waals surface area contributed by atoms with Crippen molar-refractivity contribution < 1.29 is 9.50 Å². The molecule has 4 heteroatoms. The van der Waals surface area contributed by atoms with E-state index in [2.05, 4.69) is 11.4 Å². The Morgan fingerprint density at radius 1 is 1.50 bits per heavy atom. The highest BCUT2D eigenvalue weighted by Gasteiger charge is 2.22. The molecule has 1 aliphatic carbocycles. The van der Waals surface area contributed by atoms with Gasteiger partial charge in [-0.1, -0.05) is 0 Å². The van der Waals surface area contributed by atoms with E-state index in [0.29, 0.717) is 11.5 Å². The molecule has 1 aromatic rings. The Labute approximate surface area is 93.5 Å². The Hall–Kier alpha value is -1.60. The summed E-state index contributed by atoms with van der Waals surface area (Å²) in [6, 6.07) is 5.23. The number of nitriles is 1. The molecule has 1 aromatic carbocycles. The molecule has 2 N–H and O–H groups in total. The van der Waals surface area contributed by atoms with Crippen LogP contribution in [0.25, 0.3) is 0 Å². The molecule has 3 nitrogen and oxygen atoms in total. The van der Waals surface area contributed by atoms with E-state index in [4.69, 9.17) is 5.26 Å². The molecule has 0 saturated heterocycles. The van der Waals surface area contributed by atoms with Crippen LogP contribution in [0.1, 0.15) is 24.4 Å². The minimum atomic E-state index is -0.554. The van der Waals surface area contributed by atoms with Crippen LogP contribution >= 0.6 is 0 Å². The van der Waals surface area contributed by atoms with Gasteiger partial charge in [0.1, 0.15) is 17.6 Å². The van der Waals surface area contributed by atoms with Crippen molar-refractivity contribution in [1.29, 1.82) is 5.26 Å². The fraction of sp³-hybridized carbons (Fsp3) is 0.417. The third-order valence-corrected chi connectivity index (χ3v) is 2.67. The van der Waals surface area contributed by atoms with E-state index in [1.165, 1.54) is 25.0 Å². The van der Waals surface area contributed by atoms with Gasteiger partial charge in [-0.25, -0.2) is 4.39 Å². The fourth-order valence-electron chi connectivity index (χ4n) is 1.61. The second kappa shape index (κ2) is 4.50. The van der Waals surface area contributed by atoms with Crippen LogP contribution in [0.2, 0.25) is 0 Å². The van der Waals surface area contributed by atoms with E-state index in [-0.39, 0.29) is 5.75 Å². The van der Waals surface area contributed by atoms with Crippen molar-refractivity contribution in [3.05, 3.63) is 29.6 Å². The molecule has 2 rings (SSSR count). The monoisotopic (exact) mass is 220 g/mol. The van der Waals surface area contributed by atoms with Crippen molar-refractivity contribution in [3.8, 4) is 11.8 Å². The summed E-state index contributed by atoms with van der Waals surface area (Å²) >= 11 is 0. The van der Waals surface area contributed by atoms with Crippen LogP contribution in [0.3, 0.4) is 0 Å². The molecule has 0 amide bonds. The Balaban J connectivity index is 2.08. The lowest BCUT2D eigenvalue weighted by Gasteiger charge is -2.11. The van der Waals surface area contributed by atoms with Crippen LogP contribution < -0.4 is 5.32 Å². The molecule has 0 heterocycles. The number of nitrogens with one attached hydrogen (secondary N) is 1. The summed E-state index contributed by atoms with van der Waals surface area (Å²) < 4.78 is 13.0. The maximum absolute atomic E-state index is 13.0. The number of rotatable bonds is 4. The van der Waals surface area contributed by atoms with E-state index >= 15 is 0 Å². The standard InChI is InChI=1S/C12H13FN2O/c13-10-3-9(4-11(16)5-10)12(6-14)15-7-8-1-2-8/h3-5,8,12,15-16H,1-2,7H2. The van der Waals surface area contributed by atoms with Crippen LogP contribution in [0.5, 0.6) is 5.75 Å². The molecule has 0 aromatic heterocycles. The lowest BCUT2D eigenvalue weighted by molar-refractivity contribution is 0.466. The zero-order chi connectivity index (χ0) is 11.5. The van der Waals surface area contributed by atoms with Crippen LogP contribution in [0.15, 0.2) is 18.2 Å². The predicted molar refractivity (Wildman–Crippen MR) is 57.1 cm³/mol. The van der Waals surface area contributed by atoms with Gasteiger partial charge in [-0.2, -0.15) is 5.26 Å². The van der Waals surface area contributed by atoms with E-state index in [1.807, 2.05) is 0 Å². The fourth-order valence-corrected chi connectivity index (χ4v) is 1.61. The van der Waals surface area contributed by atoms with Gasteiger partial charge in [0, 0.05) is 6.07 Å². The Morgan fingerprint density at radius 3 is 2.81 bits per heavy atom. The largest absolute Gasteiger partial charge is 0.508 e. The van der Waals surface area contributed by atoms with Crippen molar-refractivity contribution in [3.63, 3.8) is 0 Å². The second-order valence-corrected chi connectivity index (χ2v) is 4.16. The molecule has 1 aliphatic rings. The number of hydrogen-bond donors (Lipinski definition) is 2. The highest BCUT2D eigenvalue weighted by Crippen LogP contribution is 2.29. The van der Waals surface area contributed by atoms with Crippen molar-refractivity contribution in [2.45, 2.75) is 18.9 Å². The molecule has 1 unspecified atom stereocenters. The topological polar surface area (TPSA) is 56.0 Å². The lowest BCUT2D eigenvalue weighted by Crippen LogP contribution is -2.22. The number of halogens is 1. The summed E-state index contributed by atoms with van der Waals surface area (Å²) in [6.07, 6.45) is 2.39. The third kappa shape index (κ3) is 2.71. The van der Waals surface area contributed by atoms with Gasteiger partial charge >= 0.3 is 0 Å². The van der Waals surface area contributed by atoms with Gasteiger partial charge in [-0.3, -0.25) is 5.32 Å². The maximum Gasteiger partial charge on any atom is 0.127 e. The van der Waals surface area contributed by atoms with Gasteiger partial charge in [-0.05, 0) is 43.0 Å². The third-order valence-electron chi connectivity index (χ3n) is 2.67. The summed E-state index contributed by atoms with van der Waals surface area (Å²) in [5, 5.41) is 21.3. The van der Waals surface area contributed by atoms with Crippen LogP contribution in [-0.2, 0) is 0 Å². The molecule has 0 aliphatic heterocycles. The molecule has 16 heavy (non-hydrogen) atoms. The van der Waals surface area contributed by atoms with E-state index in [9.17, 15) is 9.50 Å². The number of hydrogen-bond acceptors (Lipinski definition) is 3. The van der Waals surface area contributed by atoms with Crippen molar-refractivity contribution in [2.24, 2.45) is 5.92 Å². The van der Waals surface area contributed by atoms with E-state index < -0.39 is 11.9 Å². The molecular formula is C12H13FN2O. The Morgan fingerprint density at radius 2 is 2.25 bits per heavy atom. The quantitative estimate of drug-likeness (QED) is 0.817. The van der Waals surface area contributed by atoms with Gasteiger partial charge in [0.25, 0.3) is 0 Å². The van der Waals surface area contributed by atoms with E-state index in [1.54, 1.807) is 0 Å². The first-order valence-electron chi connectivity index (χ1n) is 5.31. The normalized spacial score (nSPS) is 16.8. The summed E-state index contributed by atoms with van der Waals surface area (Å²) in [5.74, 6) is -0.0232. The van der Waals surface area contributed by atoms with Crippen molar-refractivity contribution in [1.82, 2.24) is 5.32 Å². The van der Waals surface area contributed by atoms with Crippen molar-refractivity contribution >= 4 is 0 Å². The average Bonchev–Trinajstić information content (AvgIpc) is 3.01. The van der Waals surface area contributed by atoms with Gasteiger partial charge in [0.2, 0.25) is 0 Å². The molecule has 0 bridgehead atoms. The van der Waals surface area contributed by atoms with Gasteiger partial charge in [0.15, 0.2) is 0 Å². The lowest BCUT2D eigenvalue weighted by atomic mass is 10.1. The molecular weight excluding hydrogens is 207 g/mol. The summed E-state index contributed by atoms with van der Waals surface area (Å²) in [6.45, 7) is 0.773. The van der Waals surface area contributed by atoms with Crippen LogP contribution in [-0.4, -0.2) is 11.7 Å². The number of nitrogens with zero attached hydrogens (tertiary/aromatic N) is 1. The minimum absolute atomic E-state index is 0.150. The Kier molecular flexibility index (Phi) is 3.07. The molecule has 0 spiro atoms. The van der Waals surface area contributed by atoms with Gasteiger partial charge in [-0.15, -0.1) is 0 Å². The van der Waals surface area contributed by atoms with Gasteiger partial charge in [0.05, 0.1) is 6.07 Å². The first-order chi connectivity index (χ1) is 7.69. The maximum atomic E-state index is 13.0. The van der Waals surface area contributed by atoms with Crippen molar-refractivity contribution in [2.75, 3.05) is 6.54 Å². The second-order valence-electron chi connectivity index (χ2n) is 4.16. The SMILES string of the molecule is N#CC(NCC1CC1)c1cc(O)cc(F)c1. The first kappa shape index (κ1) is 10.9. The minimum Gasteiger partial charge on any atom is -0.508 e. The summed E-state index contributed by atoms with van der Waals surface area (Å²) in [4.78, 5) is 0. The number of phenols is 1. The van der Waals surface area contributed by atoms with Crippen LogP contribution in [0, 0.1) is 23.1 Å². The highest BCUT2D eigenvalue weighted by atomic mass is 19.1. The molecule has 84 valence electrons.